The van der Waals surface area contributed by atoms with E-state index in [0.717, 1.165) is 12.8 Å². The van der Waals surface area contributed by atoms with Gasteiger partial charge in [0.1, 0.15) is 5.60 Å². The number of rotatable bonds is 22. The SMILES string of the molecule is CC(C)(C)OC(=O)N1CCC(OCCOCCOCCOCCOCCOCCOCCN2C(=O)c3ccccc3C2=O)CC1. The number of amides is 3. The van der Waals surface area contributed by atoms with E-state index in [1.807, 2.05) is 20.8 Å². The summed E-state index contributed by atoms with van der Waals surface area (Å²) >= 11 is 0. The number of piperidine rings is 1. The lowest BCUT2D eigenvalue weighted by atomic mass is 10.1. The Morgan fingerprint density at radius 2 is 1.07 bits per heavy atom. The molecule has 0 aliphatic carbocycles. The molecule has 0 bridgehead atoms. The van der Waals surface area contributed by atoms with E-state index in [2.05, 4.69) is 0 Å². The number of likely N-dealkylation sites (tertiary alicyclic amines) is 1. The topological polar surface area (TPSA) is 132 Å². The van der Waals surface area contributed by atoms with Crippen LogP contribution < -0.4 is 0 Å². The summed E-state index contributed by atoms with van der Waals surface area (Å²) in [5, 5.41) is 0. The van der Waals surface area contributed by atoms with Gasteiger partial charge in [-0.15, -0.1) is 0 Å². The molecule has 45 heavy (non-hydrogen) atoms. The first-order valence-corrected chi connectivity index (χ1v) is 15.8. The Balaban J connectivity index is 0.994. The summed E-state index contributed by atoms with van der Waals surface area (Å²) < 4.78 is 44.3. The maximum Gasteiger partial charge on any atom is 0.410 e. The van der Waals surface area contributed by atoms with Crippen LogP contribution in [-0.2, 0) is 37.9 Å². The second kappa shape index (κ2) is 20.5. The zero-order chi connectivity index (χ0) is 32.3. The first-order valence-electron chi connectivity index (χ1n) is 15.8. The molecule has 254 valence electrons. The molecular weight excluding hydrogens is 588 g/mol. The third-order valence-corrected chi connectivity index (χ3v) is 6.87. The van der Waals surface area contributed by atoms with Crippen molar-refractivity contribution in [3.05, 3.63) is 35.4 Å². The highest BCUT2D eigenvalue weighted by Gasteiger charge is 2.34. The first kappa shape index (κ1) is 36.8. The quantitative estimate of drug-likeness (QED) is 0.137. The molecule has 1 fully saturated rings. The third-order valence-electron chi connectivity index (χ3n) is 6.87. The van der Waals surface area contributed by atoms with Crippen molar-refractivity contribution in [3.8, 4) is 0 Å². The van der Waals surface area contributed by atoms with Crippen molar-refractivity contribution in [3.63, 3.8) is 0 Å². The fraction of sp³-hybridized carbons (Fsp3) is 0.719. The zero-order valence-corrected chi connectivity index (χ0v) is 27.0. The van der Waals surface area contributed by atoms with Crippen LogP contribution in [-0.4, -0.2) is 145 Å². The number of carbonyl (C=O) groups is 3. The second-order valence-corrected chi connectivity index (χ2v) is 11.5. The Labute approximate surface area is 266 Å². The molecule has 0 spiro atoms. The molecule has 0 unspecified atom stereocenters. The maximum absolute atomic E-state index is 12.3. The van der Waals surface area contributed by atoms with Crippen LogP contribution in [0.3, 0.4) is 0 Å². The van der Waals surface area contributed by atoms with E-state index in [4.69, 9.17) is 37.9 Å². The maximum atomic E-state index is 12.3. The van der Waals surface area contributed by atoms with Gasteiger partial charge >= 0.3 is 6.09 Å². The average molecular weight is 639 g/mol. The van der Waals surface area contributed by atoms with E-state index in [1.54, 1.807) is 29.2 Å². The van der Waals surface area contributed by atoms with Gasteiger partial charge in [-0.3, -0.25) is 14.5 Å². The second-order valence-electron chi connectivity index (χ2n) is 11.5. The molecule has 1 aromatic carbocycles. The molecule has 0 saturated carbocycles. The predicted molar refractivity (Wildman–Crippen MR) is 164 cm³/mol. The van der Waals surface area contributed by atoms with Crippen molar-refractivity contribution in [2.75, 3.05) is 106 Å². The molecule has 0 N–H and O–H groups in total. The van der Waals surface area contributed by atoms with E-state index in [-0.39, 0.29) is 37.2 Å². The fourth-order valence-corrected chi connectivity index (χ4v) is 4.60. The third kappa shape index (κ3) is 14.1. The summed E-state index contributed by atoms with van der Waals surface area (Å²) in [7, 11) is 0. The van der Waals surface area contributed by atoms with Crippen molar-refractivity contribution in [2.45, 2.75) is 45.3 Å². The van der Waals surface area contributed by atoms with Crippen LogP contribution in [0.2, 0.25) is 0 Å². The summed E-state index contributed by atoms with van der Waals surface area (Å²) in [4.78, 5) is 39.7. The Kier molecular flexibility index (Phi) is 16.7. The number of nitrogens with zero attached hydrogens (tertiary/aromatic N) is 2. The molecule has 1 saturated heterocycles. The molecule has 3 rings (SSSR count). The number of fused-ring (bicyclic) bond motifs is 1. The van der Waals surface area contributed by atoms with Gasteiger partial charge in [-0.1, -0.05) is 12.1 Å². The van der Waals surface area contributed by atoms with Crippen molar-refractivity contribution in [1.82, 2.24) is 9.80 Å². The smallest absolute Gasteiger partial charge is 0.410 e. The number of carbonyl (C=O) groups excluding carboxylic acids is 3. The van der Waals surface area contributed by atoms with Gasteiger partial charge in [0.25, 0.3) is 11.8 Å². The van der Waals surface area contributed by atoms with E-state index in [9.17, 15) is 14.4 Å². The van der Waals surface area contributed by atoms with Gasteiger partial charge in [-0.2, -0.15) is 0 Å². The number of hydrogen-bond acceptors (Lipinski definition) is 11. The Hall–Kier alpha value is -2.65. The monoisotopic (exact) mass is 638 g/mol. The lowest BCUT2D eigenvalue weighted by Gasteiger charge is -2.33. The summed E-state index contributed by atoms with van der Waals surface area (Å²) in [6, 6.07) is 6.82. The van der Waals surface area contributed by atoms with Crippen LogP contribution in [0.5, 0.6) is 0 Å². The van der Waals surface area contributed by atoms with Crippen molar-refractivity contribution in [2.24, 2.45) is 0 Å². The van der Waals surface area contributed by atoms with Gasteiger partial charge in [0.15, 0.2) is 0 Å². The van der Waals surface area contributed by atoms with Crippen LogP contribution in [0.15, 0.2) is 24.3 Å². The van der Waals surface area contributed by atoms with Crippen molar-refractivity contribution >= 4 is 17.9 Å². The summed E-state index contributed by atoms with van der Waals surface area (Å²) in [6.07, 6.45) is 1.46. The highest BCUT2D eigenvalue weighted by Crippen LogP contribution is 2.22. The molecule has 0 radical (unpaired) electrons. The molecule has 3 amide bonds. The highest BCUT2D eigenvalue weighted by atomic mass is 16.6. The van der Waals surface area contributed by atoms with E-state index in [0.29, 0.717) is 103 Å². The van der Waals surface area contributed by atoms with Crippen LogP contribution in [0, 0.1) is 0 Å². The lowest BCUT2D eigenvalue weighted by molar-refractivity contribution is -0.0402. The summed E-state index contributed by atoms with van der Waals surface area (Å²) in [5.74, 6) is -0.557. The van der Waals surface area contributed by atoms with E-state index >= 15 is 0 Å². The minimum atomic E-state index is -0.482. The lowest BCUT2D eigenvalue weighted by Crippen LogP contribution is -2.43. The number of ether oxygens (including phenoxy) is 8. The molecule has 2 aliphatic heterocycles. The zero-order valence-electron chi connectivity index (χ0n) is 27.0. The number of imide groups is 1. The van der Waals surface area contributed by atoms with Gasteiger partial charge in [-0.05, 0) is 45.7 Å². The normalized spacial score (nSPS) is 15.6. The summed E-state index contributed by atoms with van der Waals surface area (Å²) in [6.45, 7) is 12.9. The minimum absolute atomic E-state index is 0.135. The van der Waals surface area contributed by atoms with Crippen LogP contribution >= 0.6 is 0 Å². The van der Waals surface area contributed by atoms with E-state index in [1.165, 1.54) is 4.90 Å². The Morgan fingerprint density at radius 3 is 1.49 bits per heavy atom. The van der Waals surface area contributed by atoms with Gasteiger partial charge in [0.2, 0.25) is 0 Å². The molecule has 2 heterocycles. The van der Waals surface area contributed by atoms with Gasteiger partial charge in [0, 0.05) is 13.1 Å². The van der Waals surface area contributed by atoms with E-state index < -0.39 is 5.60 Å². The largest absolute Gasteiger partial charge is 0.444 e. The summed E-state index contributed by atoms with van der Waals surface area (Å²) in [5.41, 5.74) is 0.401. The highest BCUT2D eigenvalue weighted by molar-refractivity contribution is 6.21. The van der Waals surface area contributed by atoms with Crippen molar-refractivity contribution in [1.29, 1.82) is 0 Å². The molecular formula is C32H50N2O11. The Morgan fingerprint density at radius 1 is 0.667 bits per heavy atom. The molecule has 13 nitrogen and oxygen atoms in total. The first-order chi connectivity index (χ1) is 21.8. The van der Waals surface area contributed by atoms with Crippen LogP contribution in [0.1, 0.15) is 54.3 Å². The average Bonchev–Trinajstić information content (AvgIpc) is 3.26. The molecule has 1 aromatic rings. The number of benzene rings is 1. The minimum Gasteiger partial charge on any atom is -0.444 e. The van der Waals surface area contributed by atoms with Gasteiger partial charge < -0.3 is 42.8 Å². The molecule has 0 atom stereocenters. The Bertz CT molecular complexity index is 990. The molecule has 0 aromatic heterocycles. The predicted octanol–water partition coefficient (Wildman–Crippen LogP) is 2.80. The van der Waals surface area contributed by atoms with Gasteiger partial charge in [-0.25, -0.2) is 4.79 Å². The standard InChI is InChI=1S/C32H50N2O11/c1-32(2,3)45-31(37)33-10-8-26(9-11-33)44-25-24-43-23-22-42-21-20-41-19-18-40-17-16-39-15-14-38-13-12-34-29(35)27-6-4-5-7-28(27)30(34)36/h4-7,26H,8-25H2,1-3H3. The van der Waals surface area contributed by atoms with Crippen LogP contribution in [0.4, 0.5) is 4.79 Å². The fourth-order valence-electron chi connectivity index (χ4n) is 4.60. The molecule has 2 aliphatic rings. The van der Waals surface area contributed by atoms with Crippen LogP contribution in [0.25, 0.3) is 0 Å². The van der Waals surface area contributed by atoms with Crippen molar-refractivity contribution < 1.29 is 52.3 Å². The van der Waals surface area contributed by atoms with Gasteiger partial charge in [0.05, 0.1) is 110 Å². The number of hydrogen-bond donors (Lipinski definition) is 0. The molecule has 13 heteroatoms.